The lowest BCUT2D eigenvalue weighted by molar-refractivity contribution is -0.275. The number of urea groups is 1. The number of alkyl halides is 3. The molecule has 5 rings (SSSR count). The summed E-state index contributed by atoms with van der Waals surface area (Å²) in [5.74, 6) is -0.845. The van der Waals surface area contributed by atoms with Crippen molar-refractivity contribution in [1.29, 1.82) is 0 Å². The molecule has 1 fully saturated rings. The molecule has 1 atom stereocenters. The molecular formula is C25H25F4N5O4. The molecular weight excluding hydrogens is 510 g/mol. The minimum atomic E-state index is -5.04. The summed E-state index contributed by atoms with van der Waals surface area (Å²) in [4.78, 5) is 27.9. The fraction of sp³-hybridized carbons (Fsp3) is 0.440. The lowest BCUT2D eigenvalue weighted by Gasteiger charge is -2.30. The average molecular weight is 535 g/mol. The molecule has 0 bridgehead atoms. The number of rotatable bonds is 6. The Labute approximate surface area is 215 Å². The number of nitrogens with one attached hydrogen (secondary N) is 1. The summed E-state index contributed by atoms with van der Waals surface area (Å²) in [7, 11) is 0. The molecule has 202 valence electrons. The Morgan fingerprint density at radius 3 is 2.76 bits per heavy atom. The number of halogens is 4. The lowest BCUT2D eigenvalue weighted by atomic mass is 9.96. The number of carbonyl (C=O) groups is 1. The Morgan fingerprint density at radius 1 is 1.24 bits per heavy atom. The average Bonchev–Trinajstić information content (AvgIpc) is 3.42. The molecule has 1 aromatic carbocycles. The molecule has 0 radical (unpaired) electrons. The predicted octanol–water partition coefficient (Wildman–Crippen LogP) is 4.33. The Hall–Kier alpha value is -3.74. The molecule has 0 spiro atoms. The Kier molecular flexibility index (Phi) is 7.45. The molecule has 2 aromatic heterocycles. The second-order valence-electron chi connectivity index (χ2n) is 9.21. The highest BCUT2D eigenvalue weighted by Gasteiger charge is 2.33. The number of aromatic nitrogens is 3. The van der Waals surface area contributed by atoms with Gasteiger partial charge in [-0.15, -0.1) is 13.2 Å². The van der Waals surface area contributed by atoms with Gasteiger partial charge in [-0.2, -0.15) is 0 Å². The number of amides is 2. The SMILES string of the molecule is O=C(N[C@@H](c1ccc(OC(F)(F)F)c(F)c1)c1cnco1)N1CCc2cnc(CC3CCOCC3)nc2C1. The Morgan fingerprint density at radius 2 is 2.05 bits per heavy atom. The third-order valence-corrected chi connectivity index (χ3v) is 6.61. The van der Waals surface area contributed by atoms with Crippen LogP contribution in [-0.2, 0) is 24.1 Å². The molecule has 3 aromatic rings. The first-order valence-electron chi connectivity index (χ1n) is 12.2. The van der Waals surface area contributed by atoms with E-state index in [9.17, 15) is 22.4 Å². The zero-order chi connectivity index (χ0) is 26.7. The van der Waals surface area contributed by atoms with Crippen LogP contribution in [0.2, 0.25) is 0 Å². The van der Waals surface area contributed by atoms with Gasteiger partial charge in [0.25, 0.3) is 0 Å². The van der Waals surface area contributed by atoms with Crippen LogP contribution < -0.4 is 10.1 Å². The number of hydrogen-bond donors (Lipinski definition) is 1. The van der Waals surface area contributed by atoms with Gasteiger partial charge in [0.1, 0.15) is 11.9 Å². The first-order chi connectivity index (χ1) is 18.2. The van der Waals surface area contributed by atoms with E-state index in [2.05, 4.69) is 20.0 Å². The van der Waals surface area contributed by atoms with E-state index in [4.69, 9.17) is 14.1 Å². The van der Waals surface area contributed by atoms with Gasteiger partial charge in [0.05, 0.1) is 18.4 Å². The number of oxazole rings is 1. The van der Waals surface area contributed by atoms with E-state index in [1.807, 2.05) is 6.20 Å². The van der Waals surface area contributed by atoms with Gasteiger partial charge < -0.3 is 24.1 Å². The quantitative estimate of drug-likeness (QED) is 0.469. The molecule has 1 N–H and O–H groups in total. The van der Waals surface area contributed by atoms with Crippen molar-refractivity contribution < 1.29 is 36.2 Å². The van der Waals surface area contributed by atoms with Crippen molar-refractivity contribution in [2.75, 3.05) is 19.8 Å². The van der Waals surface area contributed by atoms with Gasteiger partial charge in [0, 0.05) is 32.4 Å². The maximum atomic E-state index is 14.4. The van der Waals surface area contributed by atoms with E-state index < -0.39 is 30.0 Å². The van der Waals surface area contributed by atoms with Crippen molar-refractivity contribution in [2.45, 2.75) is 44.6 Å². The Bertz CT molecular complexity index is 1270. The van der Waals surface area contributed by atoms with E-state index in [-0.39, 0.29) is 17.9 Å². The molecule has 0 unspecified atom stereocenters. The van der Waals surface area contributed by atoms with Gasteiger partial charge >= 0.3 is 12.4 Å². The van der Waals surface area contributed by atoms with Crippen molar-refractivity contribution in [2.24, 2.45) is 5.92 Å². The molecule has 0 aliphatic carbocycles. The lowest BCUT2D eigenvalue weighted by Crippen LogP contribution is -2.44. The van der Waals surface area contributed by atoms with Crippen LogP contribution in [0.15, 0.2) is 41.4 Å². The van der Waals surface area contributed by atoms with Gasteiger partial charge in [0.2, 0.25) is 0 Å². The van der Waals surface area contributed by atoms with Crippen molar-refractivity contribution in [3.63, 3.8) is 0 Å². The molecule has 0 saturated carbocycles. The maximum absolute atomic E-state index is 14.4. The van der Waals surface area contributed by atoms with Crippen LogP contribution in [-0.4, -0.2) is 52.0 Å². The van der Waals surface area contributed by atoms with Gasteiger partial charge in [-0.1, -0.05) is 6.07 Å². The number of benzene rings is 1. The van der Waals surface area contributed by atoms with E-state index in [1.54, 1.807) is 4.90 Å². The standard InChI is InChI=1S/C25H25F4N5O4/c26-18-10-16(1-2-20(18)38-25(27,28)29)23(21-12-30-14-37-21)33-24(35)34-6-3-17-11-31-22(32-19(17)13-34)9-15-4-7-36-8-5-15/h1-2,10-12,14-15,23H,3-9,13H2,(H,33,35)/t23-/m0/s1. The van der Waals surface area contributed by atoms with E-state index >= 15 is 0 Å². The first kappa shape index (κ1) is 25.9. The minimum Gasteiger partial charge on any atom is -0.446 e. The predicted molar refractivity (Wildman–Crippen MR) is 123 cm³/mol. The zero-order valence-corrected chi connectivity index (χ0v) is 20.2. The molecule has 2 amide bonds. The molecule has 2 aliphatic rings. The number of carbonyl (C=O) groups excluding carboxylic acids is 1. The number of hydrogen-bond acceptors (Lipinski definition) is 7. The van der Waals surface area contributed by atoms with Crippen LogP contribution in [0.25, 0.3) is 0 Å². The first-order valence-corrected chi connectivity index (χ1v) is 12.2. The van der Waals surface area contributed by atoms with E-state index in [0.29, 0.717) is 18.9 Å². The summed E-state index contributed by atoms with van der Waals surface area (Å²) in [5, 5.41) is 2.78. The third kappa shape index (κ3) is 6.21. The highest BCUT2D eigenvalue weighted by molar-refractivity contribution is 5.75. The highest BCUT2D eigenvalue weighted by atomic mass is 19.4. The largest absolute Gasteiger partial charge is 0.573 e. The fourth-order valence-electron chi connectivity index (χ4n) is 4.63. The molecule has 2 aliphatic heterocycles. The topological polar surface area (TPSA) is 103 Å². The summed E-state index contributed by atoms with van der Waals surface area (Å²) in [6.07, 6.45) is 2.48. The molecule has 13 heteroatoms. The normalized spacial score (nSPS) is 17.1. The van der Waals surface area contributed by atoms with Gasteiger partial charge in [-0.05, 0) is 48.4 Å². The third-order valence-electron chi connectivity index (χ3n) is 6.61. The second-order valence-corrected chi connectivity index (χ2v) is 9.21. The number of ether oxygens (including phenoxy) is 2. The summed E-state index contributed by atoms with van der Waals surface area (Å²) in [6.45, 7) is 2.12. The van der Waals surface area contributed by atoms with Gasteiger partial charge in [-0.3, -0.25) is 0 Å². The number of nitrogens with zero attached hydrogens (tertiary/aromatic N) is 4. The van der Waals surface area contributed by atoms with Gasteiger partial charge in [-0.25, -0.2) is 24.1 Å². The summed E-state index contributed by atoms with van der Waals surface area (Å²) in [5.41, 5.74) is 1.89. The summed E-state index contributed by atoms with van der Waals surface area (Å²) < 4.78 is 66.5. The van der Waals surface area contributed by atoms with Crippen LogP contribution in [0.3, 0.4) is 0 Å². The van der Waals surface area contributed by atoms with Crippen LogP contribution >= 0.6 is 0 Å². The molecule has 4 heterocycles. The molecule has 1 saturated heterocycles. The second kappa shape index (κ2) is 10.9. The minimum absolute atomic E-state index is 0.153. The van der Waals surface area contributed by atoms with Gasteiger partial charge in [0.15, 0.2) is 23.7 Å². The molecule has 9 nitrogen and oxygen atoms in total. The Balaban J connectivity index is 1.30. The fourth-order valence-corrected chi connectivity index (χ4v) is 4.63. The van der Waals surface area contributed by atoms with Crippen molar-refractivity contribution in [1.82, 2.24) is 25.2 Å². The van der Waals surface area contributed by atoms with Crippen molar-refractivity contribution >= 4 is 6.03 Å². The summed E-state index contributed by atoms with van der Waals surface area (Å²) in [6, 6.07) is 1.45. The van der Waals surface area contributed by atoms with Crippen LogP contribution in [0.1, 0.15) is 47.3 Å². The number of fused-ring (bicyclic) bond motifs is 1. The highest BCUT2D eigenvalue weighted by Crippen LogP contribution is 2.30. The van der Waals surface area contributed by atoms with E-state index in [0.717, 1.165) is 68.1 Å². The zero-order valence-electron chi connectivity index (χ0n) is 20.2. The van der Waals surface area contributed by atoms with Crippen molar-refractivity contribution in [3.05, 3.63) is 71.2 Å². The smallest absolute Gasteiger partial charge is 0.446 e. The van der Waals surface area contributed by atoms with Crippen molar-refractivity contribution in [3.8, 4) is 5.75 Å². The van der Waals surface area contributed by atoms with E-state index in [1.165, 1.54) is 12.3 Å². The van der Waals surface area contributed by atoms with Crippen LogP contribution in [0, 0.1) is 11.7 Å². The molecule has 38 heavy (non-hydrogen) atoms. The monoisotopic (exact) mass is 535 g/mol. The van der Waals surface area contributed by atoms with Crippen LogP contribution in [0.5, 0.6) is 5.75 Å². The maximum Gasteiger partial charge on any atom is 0.573 e. The summed E-state index contributed by atoms with van der Waals surface area (Å²) >= 11 is 0. The van der Waals surface area contributed by atoms with Crippen LogP contribution in [0.4, 0.5) is 22.4 Å².